The molecule has 0 atom stereocenters. The molecule has 0 saturated heterocycles. The van der Waals surface area contributed by atoms with Gasteiger partial charge >= 0.3 is 5.63 Å². The highest BCUT2D eigenvalue weighted by Crippen LogP contribution is 2.35. The fourth-order valence-corrected chi connectivity index (χ4v) is 3.01. The van der Waals surface area contributed by atoms with Gasteiger partial charge in [-0.3, -0.25) is 0 Å². The number of aromatic hydroxyl groups is 1. The van der Waals surface area contributed by atoms with Crippen LogP contribution in [0.15, 0.2) is 39.5 Å². The van der Waals surface area contributed by atoms with E-state index in [0.29, 0.717) is 23.0 Å². The highest BCUT2D eigenvalue weighted by molar-refractivity contribution is 6.06. The molecule has 0 fully saturated rings. The molecule has 3 rings (SSSR count). The van der Waals surface area contributed by atoms with E-state index < -0.39 is 5.63 Å². The standard InChI is InChI=1S/C18H18O4/c1-10(2)15-14(20)7-6-13-12-5-3-4-11(8-9-19)16(12)18(21)22-17(13)15/h3-7,10,19-20H,8-9H2,1-2H3. The van der Waals surface area contributed by atoms with E-state index in [9.17, 15) is 15.0 Å². The van der Waals surface area contributed by atoms with E-state index in [1.54, 1.807) is 12.1 Å². The quantitative estimate of drug-likeness (QED) is 0.575. The highest BCUT2D eigenvalue weighted by Gasteiger charge is 2.17. The molecule has 4 heteroatoms. The number of fused-ring (bicyclic) bond motifs is 3. The first-order valence-corrected chi connectivity index (χ1v) is 7.35. The molecule has 22 heavy (non-hydrogen) atoms. The highest BCUT2D eigenvalue weighted by atomic mass is 16.4. The number of aliphatic hydroxyl groups is 1. The van der Waals surface area contributed by atoms with Gasteiger partial charge in [0.2, 0.25) is 0 Å². The molecule has 4 nitrogen and oxygen atoms in total. The van der Waals surface area contributed by atoms with Crippen LogP contribution in [0, 0.1) is 0 Å². The average molecular weight is 298 g/mol. The smallest absolute Gasteiger partial charge is 0.344 e. The molecule has 0 aliphatic rings. The number of hydrogen-bond acceptors (Lipinski definition) is 4. The van der Waals surface area contributed by atoms with Crippen LogP contribution in [0.3, 0.4) is 0 Å². The predicted octanol–water partition coefficient (Wildman–Crippen LogP) is 3.31. The van der Waals surface area contributed by atoms with Gasteiger partial charge in [0.15, 0.2) is 0 Å². The molecule has 0 amide bonds. The first kappa shape index (κ1) is 14.6. The summed E-state index contributed by atoms with van der Waals surface area (Å²) in [4.78, 5) is 12.4. The first-order chi connectivity index (χ1) is 10.5. The van der Waals surface area contributed by atoms with Gasteiger partial charge in [-0.25, -0.2) is 4.79 Å². The van der Waals surface area contributed by atoms with Gasteiger partial charge in [-0.05, 0) is 30.0 Å². The normalized spacial score (nSPS) is 11.6. The summed E-state index contributed by atoms with van der Waals surface area (Å²) in [6, 6.07) is 8.97. The third kappa shape index (κ3) is 2.16. The van der Waals surface area contributed by atoms with Crippen molar-refractivity contribution in [2.24, 2.45) is 0 Å². The van der Waals surface area contributed by atoms with Gasteiger partial charge in [0.1, 0.15) is 11.3 Å². The second-order valence-corrected chi connectivity index (χ2v) is 5.73. The van der Waals surface area contributed by atoms with Gasteiger partial charge in [0.05, 0.1) is 5.39 Å². The summed E-state index contributed by atoms with van der Waals surface area (Å²) in [7, 11) is 0. The Morgan fingerprint density at radius 3 is 2.59 bits per heavy atom. The average Bonchev–Trinajstić information content (AvgIpc) is 2.47. The second kappa shape index (κ2) is 5.46. The van der Waals surface area contributed by atoms with Crippen LogP contribution in [0.5, 0.6) is 5.75 Å². The number of hydrogen-bond donors (Lipinski definition) is 2. The Hall–Kier alpha value is -2.33. The summed E-state index contributed by atoms with van der Waals surface area (Å²) in [6.07, 6.45) is 0.405. The van der Waals surface area contributed by atoms with Gasteiger partial charge < -0.3 is 14.6 Å². The number of phenolic OH excluding ortho intramolecular Hbond substituents is 1. The van der Waals surface area contributed by atoms with Gasteiger partial charge in [-0.1, -0.05) is 32.0 Å². The summed E-state index contributed by atoms with van der Waals surface area (Å²) in [5.41, 5.74) is 1.42. The molecule has 0 aliphatic carbocycles. The fraction of sp³-hybridized carbons (Fsp3) is 0.278. The maximum absolute atomic E-state index is 12.4. The zero-order valence-electron chi connectivity index (χ0n) is 12.6. The largest absolute Gasteiger partial charge is 0.508 e. The lowest BCUT2D eigenvalue weighted by molar-refractivity contribution is 0.300. The van der Waals surface area contributed by atoms with Crippen molar-refractivity contribution in [3.63, 3.8) is 0 Å². The molecule has 1 aromatic heterocycles. The van der Waals surface area contributed by atoms with Crippen LogP contribution in [0.4, 0.5) is 0 Å². The van der Waals surface area contributed by atoms with Crippen molar-refractivity contribution in [3.05, 3.63) is 51.9 Å². The fourth-order valence-electron chi connectivity index (χ4n) is 3.01. The molecular weight excluding hydrogens is 280 g/mol. The molecule has 3 aromatic rings. The Morgan fingerprint density at radius 1 is 1.14 bits per heavy atom. The Balaban J connectivity index is 2.51. The van der Waals surface area contributed by atoms with Gasteiger partial charge in [0.25, 0.3) is 0 Å². The topological polar surface area (TPSA) is 70.7 Å². The zero-order chi connectivity index (χ0) is 15.9. The Bertz CT molecular complexity index is 906. The summed E-state index contributed by atoms with van der Waals surface area (Å²) in [5, 5.41) is 21.4. The van der Waals surface area contributed by atoms with Crippen LogP contribution in [-0.2, 0) is 6.42 Å². The number of benzene rings is 2. The van der Waals surface area contributed by atoms with E-state index in [0.717, 1.165) is 16.3 Å². The summed E-state index contributed by atoms with van der Waals surface area (Å²) < 4.78 is 5.54. The van der Waals surface area contributed by atoms with Crippen molar-refractivity contribution in [3.8, 4) is 5.75 Å². The first-order valence-electron chi connectivity index (χ1n) is 7.35. The minimum absolute atomic E-state index is 0.0244. The minimum atomic E-state index is -0.431. The van der Waals surface area contributed by atoms with Crippen LogP contribution in [0.2, 0.25) is 0 Å². The summed E-state index contributed by atoms with van der Waals surface area (Å²) >= 11 is 0. The molecule has 0 spiro atoms. The van der Waals surface area contributed by atoms with E-state index >= 15 is 0 Å². The molecule has 1 heterocycles. The van der Waals surface area contributed by atoms with Crippen molar-refractivity contribution in [2.75, 3.05) is 6.61 Å². The van der Waals surface area contributed by atoms with Crippen LogP contribution in [0.25, 0.3) is 21.7 Å². The summed E-state index contributed by atoms with van der Waals surface area (Å²) in [5.74, 6) is 0.168. The Kier molecular flexibility index (Phi) is 3.62. The van der Waals surface area contributed by atoms with Crippen molar-refractivity contribution in [1.29, 1.82) is 0 Å². The number of phenols is 1. The number of aliphatic hydroxyl groups excluding tert-OH is 1. The second-order valence-electron chi connectivity index (χ2n) is 5.73. The lowest BCUT2D eigenvalue weighted by Gasteiger charge is -2.13. The molecule has 0 bridgehead atoms. The lowest BCUT2D eigenvalue weighted by Crippen LogP contribution is -2.06. The van der Waals surface area contributed by atoms with Gasteiger partial charge in [-0.2, -0.15) is 0 Å². The predicted molar refractivity (Wildman–Crippen MR) is 86.5 cm³/mol. The molecule has 0 unspecified atom stereocenters. The monoisotopic (exact) mass is 298 g/mol. The summed E-state index contributed by atoms with van der Waals surface area (Å²) in [6.45, 7) is 3.87. The van der Waals surface area contributed by atoms with Crippen LogP contribution in [0.1, 0.15) is 30.9 Å². The van der Waals surface area contributed by atoms with E-state index in [2.05, 4.69) is 0 Å². The molecule has 2 N–H and O–H groups in total. The van der Waals surface area contributed by atoms with Crippen molar-refractivity contribution >= 4 is 21.7 Å². The molecule has 2 aromatic carbocycles. The molecular formula is C18H18O4. The Morgan fingerprint density at radius 2 is 1.91 bits per heavy atom. The van der Waals surface area contributed by atoms with E-state index in [4.69, 9.17) is 4.42 Å². The maximum atomic E-state index is 12.4. The molecule has 0 radical (unpaired) electrons. The molecule has 114 valence electrons. The van der Waals surface area contributed by atoms with Gasteiger partial charge in [0, 0.05) is 22.9 Å². The number of rotatable bonds is 3. The maximum Gasteiger partial charge on any atom is 0.344 e. The van der Waals surface area contributed by atoms with Crippen molar-refractivity contribution in [1.82, 2.24) is 0 Å². The SMILES string of the molecule is CC(C)c1c(O)ccc2c1oc(=O)c1c(CCO)cccc12. The lowest BCUT2D eigenvalue weighted by atomic mass is 9.95. The minimum Gasteiger partial charge on any atom is -0.508 e. The third-order valence-corrected chi connectivity index (χ3v) is 3.97. The van der Waals surface area contributed by atoms with Crippen molar-refractivity contribution in [2.45, 2.75) is 26.2 Å². The van der Waals surface area contributed by atoms with E-state index in [1.807, 2.05) is 32.0 Å². The van der Waals surface area contributed by atoms with Crippen LogP contribution >= 0.6 is 0 Å². The third-order valence-electron chi connectivity index (χ3n) is 3.97. The Labute approximate surface area is 127 Å². The molecule has 0 saturated carbocycles. The van der Waals surface area contributed by atoms with E-state index in [-0.39, 0.29) is 18.3 Å². The van der Waals surface area contributed by atoms with Crippen LogP contribution in [-0.4, -0.2) is 16.8 Å². The molecule has 0 aliphatic heterocycles. The van der Waals surface area contributed by atoms with Crippen molar-refractivity contribution < 1.29 is 14.6 Å². The van der Waals surface area contributed by atoms with Gasteiger partial charge in [-0.15, -0.1) is 0 Å². The van der Waals surface area contributed by atoms with Crippen LogP contribution < -0.4 is 5.63 Å². The zero-order valence-corrected chi connectivity index (χ0v) is 12.6. The van der Waals surface area contributed by atoms with E-state index in [1.165, 1.54) is 0 Å².